The van der Waals surface area contributed by atoms with Crippen molar-refractivity contribution in [3.63, 3.8) is 0 Å². The molecule has 0 aliphatic carbocycles. The van der Waals surface area contributed by atoms with Crippen molar-refractivity contribution < 1.29 is 17.9 Å². The lowest BCUT2D eigenvalue weighted by Gasteiger charge is -2.53. The average molecular weight is 503 g/mol. The largest absolute Gasteiger partial charge is 0.417 e. The van der Waals surface area contributed by atoms with Crippen LogP contribution in [0.25, 0.3) is 17.2 Å². The van der Waals surface area contributed by atoms with Gasteiger partial charge in [-0.15, -0.1) is 0 Å². The molecule has 6 heterocycles. The number of aromatic nitrogens is 4. The first-order valence-electron chi connectivity index (χ1n) is 12.3. The monoisotopic (exact) mass is 502 g/mol. The third-order valence-electron chi connectivity index (χ3n) is 7.80. The van der Waals surface area contributed by atoms with Crippen molar-refractivity contribution in [2.45, 2.75) is 44.2 Å². The first kappa shape index (κ1) is 23.6. The normalized spacial score (nSPS) is 28.1. The van der Waals surface area contributed by atoms with Crippen molar-refractivity contribution in [1.82, 2.24) is 35.1 Å². The van der Waals surface area contributed by atoms with Gasteiger partial charge in [0, 0.05) is 56.1 Å². The van der Waals surface area contributed by atoms with Crippen LogP contribution in [0, 0.1) is 5.92 Å². The highest BCUT2D eigenvalue weighted by molar-refractivity contribution is 5.59. The predicted molar refractivity (Wildman–Crippen MR) is 127 cm³/mol. The fourth-order valence-electron chi connectivity index (χ4n) is 5.79. The number of alkyl halides is 3. The molecule has 0 amide bonds. The van der Waals surface area contributed by atoms with E-state index in [0.29, 0.717) is 35.2 Å². The number of halogens is 3. The molecule has 3 aromatic rings. The van der Waals surface area contributed by atoms with Crippen LogP contribution in [0.15, 0.2) is 36.8 Å². The summed E-state index contributed by atoms with van der Waals surface area (Å²) in [6.45, 7) is 8.51. The van der Waals surface area contributed by atoms with Crippen molar-refractivity contribution in [2.24, 2.45) is 5.92 Å². The zero-order chi connectivity index (χ0) is 25.0. The van der Waals surface area contributed by atoms with Gasteiger partial charge in [0.1, 0.15) is 17.2 Å². The van der Waals surface area contributed by atoms with Crippen LogP contribution < -0.4 is 15.8 Å². The molecule has 9 nitrogen and oxygen atoms in total. The molecule has 12 heteroatoms. The lowest BCUT2D eigenvalue weighted by molar-refractivity contribution is -0.137. The Labute approximate surface area is 206 Å². The summed E-state index contributed by atoms with van der Waals surface area (Å²) < 4.78 is 46.9. The number of piperazine rings is 1. The minimum absolute atomic E-state index is 0.162. The fourth-order valence-corrected chi connectivity index (χ4v) is 5.79. The van der Waals surface area contributed by atoms with E-state index < -0.39 is 11.7 Å². The van der Waals surface area contributed by atoms with Crippen LogP contribution in [0.3, 0.4) is 0 Å². The molecule has 3 aromatic heterocycles. The van der Waals surface area contributed by atoms with Crippen LogP contribution in [0.5, 0.6) is 0 Å². The molecule has 4 atom stereocenters. The van der Waals surface area contributed by atoms with Crippen molar-refractivity contribution in [3.8, 4) is 11.5 Å². The summed E-state index contributed by atoms with van der Waals surface area (Å²) in [7, 11) is 0. The van der Waals surface area contributed by atoms with E-state index in [1.807, 2.05) is 6.07 Å². The number of pyridine rings is 1. The average Bonchev–Trinajstić information content (AvgIpc) is 3.43. The molecule has 36 heavy (non-hydrogen) atoms. The van der Waals surface area contributed by atoms with Gasteiger partial charge in [-0.25, -0.2) is 15.0 Å². The highest BCUT2D eigenvalue weighted by Crippen LogP contribution is 2.34. The van der Waals surface area contributed by atoms with Gasteiger partial charge in [0.05, 0.1) is 31.0 Å². The van der Waals surface area contributed by atoms with Gasteiger partial charge < -0.3 is 9.64 Å². The first-order chi connectivity index (χ1) is 17.3. The SMILES string of the molecule is CC1NNCC1[C@@H]1[C@H](C)N(c2ccnc(-c3cnc4ccc(C(F)(F)F)cn34)n2)CCN1C1COC1. The van der Waals surface area contributed by atoms with Gasteiger partial charge in [-0.2, -0.15) is 13.2 Å². The summed E-state index contributed by atoms with van der Waals surface area (Å²) in [6.07, 6.45) is -0.213. The number of fused-ring (bicyclic) bond motifs is 1. The molecule has 2 N–H and O–H groups in total. The third-order valence-corrected chi connectivity index (χ3v) is 7.80. The minimum atomic E-state index is -4.45. The number of nitrogens with zero attached hydrogens (tertiary/aromatic N) is 6. The topological polar surface area (TPSA) is 82.8 Å². The Bertz CT molecular complexity index is 1250. The number of hydrazine groups is 1. The zero-order valence-electron chi connectivity index (χ0n) is 20.1. The second-order valence-corrected chi connectivity index (χ2v) is 9.86. The van der Waals surface area contributed by atoms with Crippen LogP contribution in [-0.2, 0) is 10.9 Å². The molecule has 3 fully saturated rings. The lowest BCUT2D eigenvalue weighted by Crippen LogP contribution is -2.68. The summed E-state index contributed by atoms with van der Waals surface area (Å²) in [6, 6.07) is 5.46. The lowest BCUT2D eigenvalue weighted by atomic mass is 9.84. The van der Waals surface area contributed by atoms with E-state index in [1.54, 1.807) is 6.20 Å². The Morgan fingerprint density at radius 3 is 2.61 bits per heavy atom. The van der Waals surface area contributed by atoms with Gasteiger partial charge in [-0.3, -0.25) is 20.2 Å². The molecule has 3 aliphatic heterocycles. The van der Waals surface area contributed by atoms with Gasteiger partial charge in [0.2, 0.25) is 0 Å². The summed E-state index contributed by atoms with van der Waals surface area (Å²) in [4.78, 5) is 18.3. The van der Waals surface area contributed by atoms with E-state index in [2.05, 4.69) is 44.5 Å². The van der Waals surface area contributed by atoms with Gasteiger partial charge in [-0.1, -0.05) is 0 Å². The Kier molecular flexibility index (Phi) is 5.86. The van der Waals surface area contributed by atoms with E-state index in [-0.39, 0.29) is 12.1 Å². The summed E-state index contributed by atoms with van der Waals surface area (Å²) in [5, 5.41) is 0. The molecule has 0 saturated carbocycles. The van der Waals surface area contributed by atoms with Gasteiger partial charge in [0.25, 0.3) is 0 Å². The molecule has 0 bridgehead atoms. The van der Waals surface area contributed by atoms with E-state index in [0.717, 1.165) is 50.9 Å². The Balaban J connectivity index is 1.33. The Morgan fingerprint density at radius 2 is 1.92 bits per heavy atom. The van der Waals surface area contributed by atoms with E-state index in [1.165, 1.54) is 16.7 Å². The van der Waals surface area contributed by atoms with E-state index in [9.17, 15) is 13.2 Å². The van der Waals surface area contributed by atoms with Gasteiger partial charge >= 0.3 is 6.18 Å². The zero-order valence-corrected chi connectivity index (χ0v) is 20.1. The van der Waals surface area contributed by atoms with Crippen molar-refractivity contribution in [3.05, 3.63) is 42.4 Å². The third kappa shape index (κ3) is 4.01. The molecule has 2 unspecified atom stereocenters. The summed E-state index contributed by atoms with van der Waals surface area (Å²) in [5.41, 5.74) is 6.75. The maximum Gasteiger partial charge on any atom is 0.417 e. The summed E-state index contributed by atoms with van der Waals surface area (Å²) >= 11 is 0. The molecular weight excluding hydrogens is 473 g/mol. The number of ether oxygens (including phenoxy) is 1. The number of hydrogen-bond acceptors (Lipinski definition) is 8. The number of nitrogens with one attached hydrogen (secondary N) is 2. The first-order valence-corrected chi connectivity index (χ1v) is 12.3. The Hall–Kier alpha value is -2.80. The van der Waals surface area contributed by atoms with Crippen LogP contribution in [-0.4, -0.2) is 81.3 Å². The molecule has 192 valence electrons. The van der Waals surface area contributed by atoms with Crippen LogP contribution in [0.1, 0.15) is 19.4 Å². The van der Waals surface area contributed by atoms with E-state index in [4.69, 9.17) is 9.72 Å². The van der Waals surface area contributed by atoms with Gasteiger partial charge in [0.15, 0.2) is 5.82 Å². The maximum absolute atomic E-state index is 13.3. The molecule has 0 radical (unpaired) electrons. The fraction of sp³-hybridized carbons (Fsp3) is 0.542. The standard InChI is InChI=1S/C24H29F3N8O/c1-14-18(9-30-32-14)22-15(2)33(7-8-34(22)17-12-36-13-17)21-5-6-28-23(31-21)19-10-29-20-4-3-16(11-35(19)20)24(25,26)27/h3-6,10-11,14-15,17-18,22,30,32H,7-9,12-13H2,1-2H3/t14?,15-,18?,22-/m0/s1. The second kappa shape index (κ2) is 8.94. The molecule has 3 saturated heterocycles. The maximum atomic E-state index is 13.3. The van der Waals surface area contributed by atoms with Gasteiger partial charge in [-0.05, 0) is 32.0 Å². The highest BCUT2D eigenvalue weighted by Gasteiger charge is 2.46. The minimum Gasteiger partial charge on any atom is -0.378 e. The molecular formula is C24H29F3N8O. The Morgan fingerprint density at radius 1 is 1.08 bits per heavy atom. The number of anilines is 1. The van der Waals surface area contributed by atoms with Crippen LogP contribution >= 0.6 is 0 Å². The number of imidazole rings is 1. The smallest absolute Gasteiger partial charge is 0.378 e. The van der Waals surface area contributed by atoms with Crippen LogP contribution in [0.2, 0.25) is 0 Å². The molecule has 0 aromatic carbocycles. The quantitative estimate of drug-likeness (QED) is 0.562. The second-order valence-electron chi connectivity index (χ2n) is 9.86. The molecule has 3 aliphatic rings. The van der Waals surface area contributed by atoms with Crippen molar-refractivity contribution >= 4 is 11.5 Å². The number of rotatable bonds is 4. The predicted octanol–water partition coefficient (Wildman–Crippen LogP) is 2.20. The number of hydrogen-bond donors (Lipinski definition) is 2. The van der Waals surface area contributed by atoms with Crippen LogP contribution in [0.4, 0.5) is 19.0 Å². The van der Waals surface area contributed by atoms with E-state index >= 15 is 0 Å². The van der Waals surface area contributed by atoms with Crippen molar-refractivity contribution in [2.75, 3.05) is 37.7 Å². The van der Waals surface area contributed by atoms with Crippen molar-refractivity contribution in [1.29, 1.82) is 0 Å². The highest BCUT2D eigenvalue weighted by atomic mass is 19.4. The molecule has 0 spiro atoms. The summed E-state index contributed by atoms with van der Waals surface area (Å²) in [5.74, 6) is 1.51. The molecule has 6 rings (SSSR count).